The zero-order chi connectivity index (χ0) is 21.5. The van der Waals surface area contributed by atoms with Crippen molar-refractivity contribution in [2.75, 3.05) is 13.1 Å². The third kappa shape index (κ3) is 5.80. The molecule has 0 atom stereocenters. The van der Waals surface area contributed by atoms with Crippen LogP contribution in [0.3, 0.4) is 0 Å². The molecule has 6 nitrogen and oxygen atoms in total. The van der Waals surface area contributed by atoms with Gasteiger partial charge in [-0.3, -0.25) is 14.4 Å². The molecule has 0 saturated carbocycles. The van der Waals surface area contributed by atoms with Gasteiger partial charge in [-0.05, 0) is 55.2 Å². The molecular weight excluding hydrogens is 380 g/mol. The van der Waals surface area contributed by atoms with Crippen LogP contribution in [-0.2, 0) is 9.59 Å². The molecule has 30 heavy (non-hydrogen) atoms. The Hall–Kier alpha value is -3.41. The smallest absolute Gasteiger partial charge is 0.308 e. The Balaban J connectivity index is 1.51. The number of benzene rings is 2. The summed E-state index contributed by atoms with van der Waals surface area (Å²) in [5.41, 5.74) is 2.62. The lowest BCUT2D eigenvalue weighted by molar-refractivity contribution is -0.131. The summed E-state index contributed by atoms with van der Waals surface area (Å²) in [4.78, 5) is 37.9. The normalized spacial score (nSPS) is 14.5. The highest BCUT2D eigenvalue weighted by Gasteiger charge is 2.24. The number of likely N-dealkylation sites (tertiary alicyclic amines) is 1. The molecular formula is C24H26N2O4. The summed E-state index contributed by atoms with van der Waals surface area (Å²) >= 11 is 0. The van der Waals surface area contributed by atoms with Crippen molar-refractivity contribution in [3.8, 4) is 5.75 Å². The van der Waals surface area contributed by atoms with E-state index < -0.39 is 5.97 Å². The first-order valence-electron chi connectivity index (χ1n) is 10.0. The summed E-state index contributed by atoms with van der Waals surface area (Å²) in [6, 6.07) is 14.5. The number of nitrogens with one attached hydrogen (secondary N) is 1. The second-order valence-electron chi connectivity index (χ2n) is 7.39. The number of rotatable bonds is 5. The second kappa shape index (κ2) is 9.87. The number of piperidine rings is 1. The van der Waals surface area contributed by atoms with Crippen LogP contribution < -0.4 is 10.1 Å². The van der Waals surface area contributed by atoms with Crippen LogP contribution in [0.1, 0.15) is 41.3 Å². The van der Waals surface area contributed by atoms with E-state index in [0.29, 0.717) is 37.2 Å². The second-order valence-corrected chi connectivity index (χ2v) is 7.39. The quantitative estimate of drug-likeness (QED) is 0.469. The Kier molecular flexibility index (Phi) is 7.01. The van der Waals surface area contributed by atoms with Gasteiger partial charge in [0.15, 0.2) is 0 Å². The van der Waals surface area contributed by atoms with Crippen molar-refractivity contribution >= 4 is 23.9 Å². The van der Waals surface area contributed by atoms with Crippen molar-refractivity contribution in [2.24, 2.45) is 0 Å². The van der Waals surface area contributed by atoms with Gasteiger partial charge in [-0.15, -0.1) is 0 Å². The molecule has 1 N–H and O–H groups in total. The minimum absolute atomic E-state index is 0.0375. The van der Waals surface area contributed by atoms with Crippen molar-refractivity contribution in [2.45, 2.75) is 32.7 Å². The van der Waals surface area contributed by atoms with E-state index in [9.17, 15) is 14.4 Å². The van der Waals surface area contributed by atoms with Crippen molar-refractivity contribution in [1.29, 1.82) is 0 Å². The van der Waals surface area contributed by atoms with Crippen LogP contribution in [0.5, 0.6) is 5.75 Å². The minimum atomic E-state index is -0.423. The summed E-state index contributed by atoms with van der Waals surface area (Å²) in [5, 5.41) is 3.02. The molecule has 1 aliphatic rings. The van der Waals surface area contributed by atoms with Gasteiger partial charge in [0.2, 0.25) is 5.91 Å². The monoisotopic (exact) mass is 406 g/mol. The zero-order valence-electron chi connectivity index (χ0n) is 17.3. The summed E-state index contributed by atoms with van der Waals surface area (Å²) in [5.74, 6) is -0.297. The number of nitrogens with zero attached hydrogens (tertiary/aromatic N) is 1. The van der Waals surface area contributed by atoms with Gasteiger partial charge in [0.05, 0.1) is 0 Å². The molecule has 0 unspecified atom stereocenters. The van der Waals surface area contributed by atoms with Gasteiger partial charge in [0.1, 0.15) is 5.75 Å². The number of amides is 2. The molecule has 3 rings (SSSR count). The predicted octanol–water partition coefficient (Wildman–Crippen LogP) is 3.35. The first kappa shape index (κ1) is 21.3. The fraction of sp³-hybridized carbons (Fsp3) is 0.292. The molecule has 6 heteroatoms. The van der Waals surface area contributed by atoms with Crippen LogP contribution in [-0.4, -0.2) is 41.8 Å². The molecule has 2 aromatic rings. The third-order valence-corrected chi connectivity index (χ3v) is 5.07. The fourth-order valence-electron chi connectivity index (χ4n) is 3.46. The maximum Gasteiger partial charge on any atom is 0.308 e. The molecule has 2 amide bonds. The van der Waals surface area contributed by atoms with Gasteiger partial charge in [-0.25, -0.2) is 0 Å². The molecule has 0 radical (unpaired) electrons. The standard InChI is InChI=1S/C24H26N2O4/c1-17-6-3-4-7-19(17)10-11-23(28)25-21-12-14-26(15-13-21)24(29)20-8-5-9-22(16-20)30-18(2)27/h3-11,16,21H,12-15H2,1-2H3,(H,25,28)/b11-10+. The average Bonchev–Trinajstić information content (AvgIpc) is 2.73. The van der Waals surface area contributed by atoms with E-state index in [4.69, 9.17) is 4.74 Å². The van der Waals surface area contributed by atoms with Gasteiger partial charge < -0.3 is 15.0 Å². The third-order valence-electron chi connectivity index (χ3n) is 5.07. The van der Waals surface area contributed by atoms with E-state index in [1.54, 1.807) is 35.2 Å². The first-order valence-corrected chi connectivity index (χ1v) is 10.0. The zero-order valence-corrected chi connectivity index (χ0v) is 17.3. The lowest BCUT2D eigenvalue weighted by atomic mass is 10.0. The molecule has 2 aromatic carbocycles. The van der Waals surface area contributed by atoms with Crippen LogP contribution in [0.2, 0.25) is 0 Å². The summed E-state index contributed by atoms with van der Waals surface area (Å²) in [7, 11) is 0. The van der Waals surface area contributed by atoms with Crippen LogP contribution >= 0.6 is 0 Å². The summed E-state index contributed by atoms with van der Waals surface area (Å²) in [6.07, 6.45) is 4.76. The van der Waals surface area contributed by atoms with Gasteiger partial charge >= 0.3 is 5.97 Å². The largest absolute Gasteiger partial charge is 0.427 e. The van der Waals surface area contributed by atoms with Crippen LogP contribution in [0.15, 0.2) is 54.6 Å². The Morgan fingerprint density at radius 3 is 2.50 bits per heavy atom. The number of carbonyl (C=O) groups excluding carboxylic acids is 3. The summed E-state index contributed by atoms with van der Waals surface area (Å²) in [6.45, 7) is 4.45. The maximum atomic E-state index is 12.7. The Morgan fingerprint density at radius 1 is 1.07 bits per heavy atom. The number of ether oxygens (including phenoxy) is 1. The number of hydrogen-bond donors (Lipinski definition) is 1. The number of hydrogen-bond acceptors (Lipinski definition) is 4. The molecule has 1 saturated heterocycles. The lowest BCUT2D eigenvalue weighted by Gasteiger charge is -2.32. The van der Waals surface area contributed by atoms with Gasteiger partial charge in [0.25, 0.3) is 5.91 Å². The Labute approximate surface area is 176 Å². The highest BCUT2D eigenvalue weighted by atomic mass is 16.5. The fourth-order valence-corrected chi connectivity index (χ4v) is 3.46. The Bertz CT molecular complexity index is 959. The van der Waals surface area contributed by atoms with Gasteiger partial charge in [-0.2, -0.15) is 0 Å². The molecule has 0 aliphatic carbocycles. The van der Waals surface area contributed by atoms with Crippen molar-refractivity contribution in [3.63, 3.8) is 0 Å². The molecule has 156 valence electrons. The van der Waals surface area contributed by atoms with Gasteiger partial charge in [-0.1, -0.05) is 30.3 Å². The van der Waals surface area contributed by atoms with Crippen molar-refractivity contribution in [1.82, 2.24) is 10.2 Å². The average molecular weight is 406 g/mol. The van der Waals surface area contributed by atoms with Crippen LogP contribution in [0.4, 0.5) is 0 Å². The first-order chi connectivity index (χ1) is 14.4. The van der Waals surface area contributed by atoms with Crippen LogP contribution in [0.25, 0.3) is 6.08 Å². The highest BCUT2D eigenvalue weighted by Crippen LogP contribution is 2.18. The number of esters is 1. The van der Waals surface area contributed by atoms with E-state index in [0.717, 1.165) is 11.1 Å². The molecule has 0 spiro atoms. The molecule has 0 bridgehead atoms. The minimum Gasteiger partial charge on any atom is -0.427 e. The van der Waals surface area contributed by atoms with E-state index in [1.165, 1.54) is 6.92 Å². The Morgan fingerprint density at radius 2 is 1.80 bits per heavy atom. The lowest BCUT2D eigenvalue weighted by Crippen LogP contribution is -2.46. The molecule has 1 aliphatic heterocycles. The van der Waals surface area contributed by atoms with E-state index in [1.807, 2.05) is 37.3 Å². The van der Waals surface area contributed by atoms with Crippen molar-refractivity contribution < 1.29 is 19.1 Å². The highest BCUT2D eigenvalue weighted by molar-refractivity contribution is 5.95. The topological polar surface area (TPSA) is 75.7 Å². The van der Waals surface area contributed by atoms with E-state index in [-0.39, 0.29) is 17.9 Å². The molecule has 1 heterocycles. The van der Waals surface area contributed by atoms with E-state index >= 15 is 0 Å². The number of aryl methyl sites for hydroxylation is 1. The predicted molar refractivity (Wildman–Crippen MR) is 115 cm³/mol. The molecule has 0 aromatic heterocycles. The van der Waals surface area contributed by atoms with Crippen molar-refractivity contribution in [3.05, 3.63) is 71.3 Å². The van der Waals surface area contributed by atoms with Crippen LogP contribution in [0, 0.1) is 6.92 Å². The summed E-state index contributed by atoms with van der Waals surface area (Å²) < 4.78 is 5.05. The molecule has 1 fully saturated rings. The number of carbonyl (C=O) groups is 3. The van der Waals surface area contributed by atoms with E-state index in [2.05, 4.69) is 5.32 Å². The van der Waals surface area contributed by atoms with Gasteiger partial charge in [0, 0.05) is 37.7 Å². The SMILES string of the molecule is CC(=O)Oc1cccc(C(=O)N2CCC(NC(=O)/C=C/c3ccccc3C)CC2)c1. The maximum absolute atomic E-state index is 12.7.